The maximum Gasteiger partial charge on any atom is 0 e. The molecule has 0 aliphatic heterocycles. The van der Waals surface area contributed by atoms with Crippen LogP contribution in [0.25, 0.3) is 0 Å². The molecule has 0 fully saturated rings. The van der Waals surface area contributed by atoms with Gasteiger partial charge >= 0.3 is 0 Å². The molecule has 8 heavy (non-hydrogen) atoms. The molecule has 0 saturated heterocycles. The Morgan fingerprint density at radius 1 is 1.38 bits per heavy atom. The maximum atomic E-state index is 3.41. The van der Waals surface area contributed by atoms with E-state index in [1.54, 1.807) is 0 Å². The van der Waals surface area contributed by atoms with Gasteiger partial charge in [-0.15, -0.1) is 0 Å². The van der Waals surface area contributed by atoms with Crippen molar-refractivity contribution in [1.29, 1.82) is 0 Å². The molecule has 0 aliphatic carbocycles. The molecule has 1 N–H and O–H groups in total. The molecule has 0 atom stereocenters. The SMILES string of the molecule is C=[C-]NC(C)(C)C.[W]. The molecule has 0 saturated carbocycles. The predicted molar refractivity (Wildman–Crippen MR) is 31.8 cm³/mol. The predicted octanol–water partition coefficient (Wildman–Crippen LogP) is 1.32. The molecule has 0 unspecified atom stereocenters. The van der Waals surface area contributed by atoms with Crippen molar-refractivity contribution in [2.75, 3.05) is 0 Å². The second-order valence-electron chi connectivity index (χ2n) is 2.55. The van der Waals surface area contributed by atoms with Gasteiger partial charge in [-0.2, -0.15) is 0 Å². The first kappa shape index (κ1) is 11.1. The van der Waals surface area contributed by atoms with Gasteiger partial charge in [0.1, 0.15) is 0 Å². The van der Waals surface area contributed by atoms with Gasteiger partial charge in [0.15, 0.2) is 0 Å². The standard InChI is InChI=1S/C6H12N.W/c1-5-7-6(2,3)4;/h7H,1H2,2-4H3;/q-1;. The van der Waals surface area contributed by atoms with Crippen molar-refractivity contribution in [3.63, 3.8) is 0 Å². The van der Waals surface area contributed by atoms with Crippen molar-refractivity contribution in [2.24, 2.45) is 0 Å². The summed E-state index contributed by atoms with van der Waals surface area (Å²) < 4.78 is 0. The molecule has 0 aromatic heterocycles. The number of hydrogen-bond acceptors (Lipinski definition) is 1. The van der Waals surface area contributed by atoms with Crippen LogP contribution < -0.4 is 5.32 Å². The van der Waals surface area contributed by atoms with Crippen LogP contribution in [-0.2, 0) is 21.1 Å². The van der Waals surface area contributed by atoms with Gasteiger partial charge in [0.05, 0.1) is 0 Å². The zero-order chi connectivity index (χ0) is 5.91. The van der Waals surface area contributed by atoms with E-state index in [4.69, 9.17) is 0 Å². The van der Waals surface area contributed by atoms with Crippen LogP contribution in [0.1, 0.15) is 20.8 Å². The van der Waals surface area contributed by atoms with Gasteiger partial charge < -0.3 is 11.5 Å². The van der Waals surface area contributed by atoms with Crippen molar-refractivity contribution < 1.29 is 21.1 Å². The summed E-state index contributed by atoms with van der Waals surface area (Å²) in [6.07, 6.45) is 2.61. The molecular formula is C6H12NW-. The summed E-state index contributed by atoms with van der Waals surface area (Å²) in [7, 11) is 0. The molecule has 0 aromatic carbocycles. The summed E-state index contributed by atoms with van der Waals surface area (Å²) in [6, 6.07) is 0. The van der Waals surface area contributed by atoms with Crippen LogP contribution in [0.15, 0.2) is 6.58 Å². The number of rotatable bonds is 1. The first-order chi connectivity index (χ1) is 3.06. The van der Waals surface area contributed by atoms with E-state index < -0.39 is 0 Å². The van der Waals surface area contributed by atoms with Crippen LogP contribution in [-0.4, -0.2) is 5.54 Å². The van der Waals surface area contributed by atoms with Crippen molar-refractivity contribution >= 4 is 0 Å². The van der Waals surface area contributed by atoms with E-state index in [0.717, 1.165) is 0 Å². The van der Waals surface area contributed by atoms with Gasteiger partial charge in [-0.1, -0.05) is 0 Å². The second kappa shape index (κ2) is 4.14. The Hall–Kier alpha value is 0.228. The van der Waals surface area contributed by atoms with Gasteiger partial charge in [-0.25, -0.2) is 0 Å². The normalized spacial score (nSPS) is 9.38. The minimum atomic E-state index is 0. The van der Waals surface area contributed by atoms with Crippen LogP contribution in [0.4, 0.5) is 0 Å². The van der Waals surface area contributed by atoms with E-state index in [2.05, 4.69) is 38.9 Å². The van der Waals surface area contributed by atoms with Crippen LogP contribution >= 0.6 is 0 Å². The maximum absolute atomic E-state index is 3.41. The van der Waals surface area contributed by atoms with Gasteiger partial charge in [0.2, 0.25) is 0 Å². The Bertz CT molecular complexity index is 63.4. The van der Waals surface area contributed by atoms with E-state index in [-0.39, 0.29) is 26.6 Å². The van der Waals surface area contributed by atoms with Crippen LogP contribution in [0.3, 0.4) is 0 Å². The number of nitrogens with one attached hydrogen (secondary N) is 1. The van der Waals surface area contributed by atoms with Gasteiger partial charge in [0.25, 0.3) is 0 Å². The zero-order valence-corrected chi connectivity index (χ0v) is 8.55. The quantitative estimate of drug-likeness (QED) is 0.565. The first-order valence-electron chi connectivity index (χ1n) is 2.35. The minimum Gasteiger partial charge on any atom is -0.563 e. The van der Waals surface area contributed by atoms with E-state index >= 15 is 0 Å². The molecule has 0 bridgehead atoms. The van der Waals surface area contributed by atoms with Crippen LogP contribution in [0.5, 0.6) is 0 Å². The first-order valence-corrected chi connectivity index (χ1v) is 2.35. The summed E-state index contributed by atoms with van der Waals surface area (Å²) >= 11 is 0. The molecule has 0 rings (SSSR count). The average Bonchev–Trinajstić information content (AvgIpc) is 1.30. The fourth-order valence-electron chi connectivity index (χ4n) is 0.265. The Kier molecular flexibility index (Phi) is 5.74. The van der Waals surface area contributed by atoms with Crippen LogP contribution in [0.2, 0.25) is 0 Å². The Morgan fingerprint density at radius 3 is 1.75 bits per heavy atom. The molecule has 0 radical (unpaired) electrons. The summed E-state index contributed by atoms with van der Waals surface area (Å²) in [4.78, 5) is 0. The Labute approximate surface area is 65.8 Å². The molecule has 0 aromatic rings. The Morgan fingerprint density at radius 2 is 1.75 bits per heavy atom. The van der Waals surface area contributed by atoms with Crippen LogP contribution in [0, 0.1) is 6.20 Å². The molecule has 0 heterocycles. The van der Waals surface area contributed by atoms with Crippen molar-refractivity contribution in [3.05, 3.63) is 12.8 Å². The largest absolute Gasteiger partial charge is 0.563 e. The van der Waals surface area contributed by atoms with E-state index in [0.29, 0.717) is 0 Å². The van der Waals surface area contributed by atoms with Crippen molar-refractivity contribution in [3.8, 4) is 0 Å². The van der Waals surface area contributed by atoms with Gasteiger partial charge in [-0.3, -0.25) is 6.58 Å². The Balaban J connectivity index is 0. The third kappa shape index (κ3) is 9.52. The van der Waals surface area contributed by atoms with E-state index in [1.165, 1.54) is 0 Å². The van der Waals surface area contributed by atoms with Crippen molar-refractivity contribution in [1.82, 2.24) is 5.32 Å². The topological polar surface area (TPSA) is 12.0 Å². The summed E-state index contributed by atoms with van der Waals surface area (Å²) in [5.41, 5.74) is 0.127. The van der Waals surface area contributed by atoms with Crippen molar-refractivity contribution in [2.45, 2.75) is 26.3 Å². The molecule has 1 nitrogen and oxygen atoms in total. The molecule has 0 spiro atoms. The third-order valence-electron chi connectivity index (χ3n) is 0.463. The fraction of sp³-hybridized carbons (Fsp3) is 0.667. The fourth-order valence-corrected chi connectivity index (χ4v) is 0.265. The third-order valence-corrected chi connectivity index (χ3v) is 0.463. The van der Waals surface area contributed by atoms with E-state index in [9.17, 15) is 0 Å². The molecular weight excluding hydrogens is 270 g/mol. The zero-order valence-electron chi connectivity index (χ0n) is 5.62. The van der Waals surface area contributed by atoms with E-state index in [1.807, 2.05) is 0 Å². The second-order valence-corrected chi connectivity index (χ2v) is 2.55. The summed E-state index contributed by atoms with van der Waals surface area (Å²) in [6.45, 7) is 9.59. The minimum absolute atomic E-state index is 0. The summed E-state index contributed by atoms with van der Waals surface area (Å²) in [5, 5.41) is 2.92. The summed E-state index contributed by atoms with van der Waals surface area (Å²) in [5.74, 6) is 0. The van der Waals surface area contributed by atoms with Gasteiger partial charge in [-0.05, 0) is 26.3 Å². The van der Waals surface area contributed by atoms with Gasteiger partial charge in [0, 0.05) is 21.1 Å². The average molecular weight is 282 g/mol. The smallest absolute Gasteiger partial charge is 0 e. The monoisotopic (exact) mass is 282 g/mol. The number of hydrogen-bond donors (Lipinski definition) is 1. The molecule has 2 heteroatoms. The molecule has 0 aliphatic rings. The molecule has 48 valence electrons. The molecule has 0 amide bonds.